The van der Waals surface area contributed by atoms with E-state index in [9.17, 15) is 13.2 Å². The Morgan fingerprint density at radius 1 is 1.24 bits per heavy atom. The second-order valence-electron chi connectivity index (χ2n) is 4.18. The van der Waals surface area contributed by atoms with Crippen molar-refractivity contribution >= 4 is 16.0 Å². The maximum absolute atomic E-state index is 11.8. The Bertz CT molecular complexity index is 540. The molecule has 118 valence electrons. The van der Waals surface area contributed by atoms with Crippen LogP contribution in [0.5, 0.6) is 0 Å². The summed E-state index contributed by atoms with van der Waals surface area (Å²) in [5.74, 6) is -0.655. The van der Waals surface area contributed by atoms with E-state index < -0.39 is 16.0 Å². The van der Waals surface area contributed by atoms with E-state index in [2.05, 4.69) is 9.46 Å². The topological polar surface area (TPSA) is 102 Å². The average Bonchev–Trinajstić information content (AvgIpc) is 2.46. The van der Waals surface area contributed by atoms with Crippen molar-refractivity contribution in [3.05, 3.63) is 35.4 Å². The molecule has 0 aliphatic heterocycles. The molecule has 0 aromatic heterocycles. The van der Waals surface area contributed by atoms with Crippen LogP contribution in [0.15, 0.2) is 24.3 Å². The zero-order valence-corrected chi connectivity index (χ0v) is 12.6. The SMILES string of the molecule is COC(=O)c1ccc(CS(=O)(=O)NCCOCCO)cc1. The lowest BCUT2D eigenvalue weighted by molar-refractivity contribution is 0.0600. The molecule has 1 aromatic rings. The highest BCUT2D eigenvalue weighted by Crippen LogP contribution is 2.08. The van der Waals surface area contributed by atoms with Gasteiger partial charge in [0.2, 0.25) is 10.0 Å². The van der Waals surface area contributed by atoms with Gasteiger partial charge in [-0.15, -0.1) is 0 Å². The number of ether oxygens (including phenoxy) is 2. The van der Waals surface area contributed by atoms with Gasteiger partial charge in [-0.3, -0.25) is 0 Å². The molecule has 0 aliphatic rings. The Kier molecular flexibility index (Phi) is 7.30. The van der Waals surface area contributed by atoms with Crippen LogP contribution in [0.3, 0.4) is 0 Å². The maximum atomic E-state index is 11.8. The van der Waals surface area contributed by atoms with Crippen LogP contribution in [0.4, 0.5) is 0 Å². The number of benzene rings is 1. The number of aliphatic hydroxyl groups excluding tert-OH is 1. The zero-order chi connectivity index (χ0) is 15.7. The maximum Gasteiger partial charge on any atom is 0.337 e. The van der Waals surface area contributed by atoms with E-state index >= 15 is 0 Å². The van der Waals surface area contributed by atoms with Gasteiger partial charge in [-0.1, -0.05) is 12.1 Å². The van der Waals surface area contributed by atoms with Crippen molar-refractivity contribution in [3.63, 3.8) is 0 Å². The summed E-state index contributed by atoms with van der Waals surface area (Å²) in [6, 6.07) is 6.16. The average molecular weight is 317 g/mol. The summed E-state index contributed by atoms with van der Waals surface area (Å²) < 4.78 is 35.5. The first-order valence-electron chi connectivity index (χ1n) is 6.31. The molecule has 21 heavy (non-hydrogen) atoms. The number of esters is 1. The van der Waals surface area contributed by atoms with Gasteiger partial charge in [0.25, 0.3) is 0 Å². The van der Waals surface area contributed by atoms with Crippen molar-refractivity contribution in [1.29, 1.82) is 0 Å². The lowest BCUT2D eigenvalue weighted by atomic mass is 10.1. The first kappa shape index (κ1) is 17.6. The van der Waals surface area contributed by atoms with E-state index in [4.69, 9.17) is 9.84 Å². The summed E-state index contributed by atoms with van der Waals surface area (Å²) in [4.78, 5) is 11.3. The van der Waals surface area contributed by atoms with Crippen molar-refractivity contribution in [3.8, 4) is 0 Å². The van der Waals surface area contributed by atoms with Gasteiger partial charge < -0.3 is 14.6 Å². The number of carbonyl (C=O) groups excluding carboxylic acids is 1. The van der Waals surface area contributed by atoms with Gasteiger partial charge in [-0.2, -0.15) is 0 Å². The van der Waals surface area contributed by atoms with E-state index in [1.165, 1.54) is 19.2 Å². The number of rotatable bonds is 9. The van der Waals surface area contributed by atoms with Crippen LogP contribution in [-0.4, -0.2) is 53.0 Å². The van der Waals surface area contributed by atoms with Crippen molar-refractivity contribution < 1.29 is 27.8 Å². The minimum atomic E-state index is -3.47. The molecule has 2 N–H and O–H groups in total. The van der Waals surface area contributed by atoms with E-state index in [1.54, 1.807) is 12.1 Å². The van der Waals surface area contributed by atoms with Crippen LogP contribution < -0.4 is 4.72 Å². The Morgan fingerprint density at radius 2 is 1.90 bits per heavy atom. The molecule has 1 rings (SSSR count). The molecule has 0 aliphatic carbocycles. The third kappa shape index (κ3) is 6.67. The molecule has 0 saturated heterocycles. The molecule has 0 atom stereocenters. The summed E-state index contributed by atoms with van der Waals surface area (Å²) in [6.07, 6.45) is 0. The van der Waals surface area contributed by atoms with Crippen LogP contribution in [0, 0.1) is 0 Å². The van der Waals surface area contributed by atoms with Crippen LogP contribution >= 0.6 is 0 Å². The number of nitrogens with one attached hydrogen (secondary N) is 1. The van der Waals surface area contributed by atoms with Crippen molar-refractivity contribution in [1.82, 2.24) is 4.72 Å². The Balaban J connectivity index is 2.49. The molecule has 0 spiro atoms. The molecule has 0 saturated carbocycles. The van der Waals surface area contributed by atoms with Gasteiger partial charge in [0.05, 0.1) is 38.2 Å². The fourth-order valence-electron chi connectivity index (χ4n) is 1.56. The van der Waals surface area contributed by atoms with Crippen molar-refractivity contribution in [2.75, 3.05) is 33.5 Å². The van der Waals surface area contributed by atoms with Crippen LogP contribution in [0.1, 0.15) is 15.9 Å². The number of hydrogen-bond acceptors (Lipinski definition) is 6. The third-order valence-corrected chi connectivity index (χ3v) is 3.89. The second-order valence-corrected chi connectivity index (χ2v) is 5.98. The molecule has 0 radical (unpaired) electrons. The highest BCUT2D eigenvalue weighted by atomic mass is 32.2. The quantitative estimate of drug-likeness (QED) is 0.487. The molecule has 7 nitrogen and oxygen atoms in total. The van der Waals surface area contributed by atoms with Crippen LogP contribution in [0.25, 0.3) is 0 Å². The smallest absolute Gasteiger partial charge is 0.337 e. The molecule has 0 heterocycles. The molecular weight excluding hydrogens is 298 g/mol. The largest absolute Gasteiger partial charge is 0.465 e. The third-order valence-electron chi connectivity index (χ3n) is 2.54. The standard InChI is InChI=1S/C13H19NO6S/c1-19-13(16)12-4-2-11(3-5-12)10-21(17,18)14-6-8-20-9-7-15/h2-5,14-15H,6-10H2,1H3. The van der Waals surface area contributed by atoms with Crippen molar-refractivity contribution in [2.45, 2.75) is 5.75 Å². The first-order valence-corrected chi connectivity index (χ1v) is 7.97. The highest BCUT2D eigenvalue weighted by Gasteiger charge is 2.12. The van der Waals surface area contributed by atoms with Crippen LogP contribution in [-0.2, 0) is 25.2 Å². The number of hydrogen-bond donors (Lipinski definition) is 2. The predicted octanol–water partition coefficient (Wildman–Crippen LogP) is -0.0985. The normalized spacial score (nSPS) is 11.3. The fraction of sp³-hybridized carbons (Fsp3) is 0.462. The van der Waals surface area contributed by atoms with E-state index in [0.717, 1.165) is 0 Å². The summed E-state index contributed by atoms with van der Waals surface area (Å²) >= 11 is 0. The van der Waals surface area contributed by atoms with Gasteiger partial charge >= 0.3 is 5.97 Å². The molecular formula is C13H19NO6S. The zero-order valence-electron chi connectivity index (χ0n) is 11.7. The number of sulfonamides is 1. The van der Waals surface area contributed by atoms with Gasteiger partial charge in [0.1, 0.15) is 0 Å². The lowest BCUT2D eigenvalue weighted by Gasteiger charge is -2.07. The lowest BCUT2D eigenvalue weighted by Crippen LogP contribution is -2.28. The van der Waals surface area contributed by atoms with Gasteiger partial charge in [-0.25, -0.2) is 17.9 Å². The molecule has 0 unspecified atom stereocenters. The molecule has 1 aromatic carbocycles. The van der Waals surface area contributed by atoms with E-state index in [-0.39, 0.29) is 32.1 Å². The highest BCUT2D eigenvalue weighted by molar-refractivity contribution is 7.88. The van der Waals surface area contributed by atoms with E-state index in [1.807, 2.05) is 0 Å². The van der Waals surface area contributed by atoms with Gasteiger partial charge in [0.15, 0.2) is 0 Å². The second kappa shape index (κ2) is 8.73. The molecule has 0 fully saturated rings. The minimum Gasteiger partial charge on any atom is -0.465 e. The Labute approximate surface area is 123 Å². The van der Waals surface area contributed by atoms with Crippen molar-refractivity contribution in [2.24, 2.45) is 0 Å². The van der Waals surface area contributed by atoms with Crippen LogP contribution in [0.2, 0.25) is 0 Å². The number of carbonyl (C=O) groups is 1. The Morgan fingerprint density at radius 3 is 2.48 bits per heavy atom. The van der Waals surface area contributed by atoms with Gasteiger partial charge in [0, 0.05) is 6.54 Å². The predicted molar refractivity (Wildman–Crippen MR) is 76.3 cm³/mol. The summed E-state index contributed by atoms with van der Waals surface area (Å²) in [5.41, 5.74) is 0.926. The monoisotopic (exact) mass is 317 g/mol. The first-order chi connectivity index (χ1) is 9.98. The Hall–Kier alpha value is -1.48. The summed E-state index contributed by atoms with van der Waals surface area (Å²) in [7, 11) is -2.19. The van der Waals surface area contributed by atoms with E-state index in [0.29, 0.717) is 11.1 Å². The number of methoxy groups -OCH3 is 1. The minimum absolute atomic E-state index is 0.0979. The molecule has 0 bridgehead atoms. The summed E-state index contributed by atoms with van der Waals surface area (Å²) in [5, 5.41) is 8.50. The summed E-state index contributed by atoms with van der Waals surface area (Å²) in [6.45, 7) is 0.416. The van der Waals surface area contributed by atoms with Gasteiger partial charge in [-0.05, 0) is 17.7 Å². The fourth-order valence-corrected chi connectivity index (χ4v) is 2.69. The molecule has 8 heteroatoms. The molecule has 0 amide bonds. The number of aliphatic hydroxyl groups is 1.